The van der Waals surface area contributed by atoms with Crippen molar-refractivity contribution in [3.8, 4) is 5.75 Å². The maximum atomic E-state index is 12.5. The van der Waals surface area contributed by atoms with Crippen molar-refractivity contribution in [2.45, 2.75) is 19.4 Å². The fourth-order valence-corrected chi connectivity index (χ4v) is 3.01. The average molecular weight is 317 g/mol. The molecular weight excluding hydrogens is 294 g/mol. The number of amides is 2. The van der Waals surface area contributed by atoms with Gasteiger partial charge < -0.3 is 19.4 Å². The number of nitrogens with zero attached hydrogens (tertiary/aromatic N) is 3. The molecule has 0 saturated carbocycles. The van der Waals surface area contributed by atoms with Crippen LogP contribution in [0.1, 0.15) is 18.4 Å². The molecule has 0 N–H and O–H groups in total. The second-order valence-corrected chi connectivity index (χ2v) is 6.27. The highest BCUT2D eigenvalue weighted by molar-refractivity contribution is 5.86. The molecule has 6 heteroatoms. The third-order valence-electron chi connectivity index (χ3n) is 4.39. The molecule has 0 unspecified atom stereocenters. The Hall–Kier alpha value is -2.24. The van der Waals surface area contributed by atoms with Crippen molar-refractivity contribution >= 4 is 17.5 Å². The number of anilines is 1. The first-order valence-electron chi connectivity index (χ1n) is 8.03. The molecule has 6 nitrogen and oxygen atoms in total. The van der Waals surface area contributed by atoms with E-state index < -0.39 is 0 Å². The molecule has 124 valence electrons. The summed E-state index contributed by atoms with van der Waals surface area (Å²) in [7, 11) is 3.97. The van der Waals surface area contributed by atoms with Crippen LogP contribution in [0.3, 0.4) is 0 Å². The summed E-state index contributed by atoms with van der Waals surface area (Å²) in [4.78, 5) is 29.7. The number of benzene rings is 1. The van der Waals surface area contributed by atoms with Gasteiger partial charge in [0.15, 0.2) is 0 Å². The predicted molar refractivity (Wildman–Crippen MR) is 87.5 cm³/mol. The molecule has 0 spiro atoms. The van der Waals surface area contributed by atoms with Gasteiger partial charge >= 0.3 is 0 Å². The van der Waals surface area contributed by atoms with Crippen LogP contribution in [0.2, 0.25) is 0 Å². The summed E-state index contributed by atoms with van der Waals surface area (Å²) in [6.07, 6.45) is 1.41. The monoisotopic (exact) mass is 317 g/mol. The normalized spacial score (nSPS) is 17.6. The summed E-state index contributed by atoms with van der Waals surface area (Å²) in [5, 5.41) is 0. The minimum atomic E-state index is -0.00745. The zero-order chi connectivity index (χ0) is 16.4. The van der Waals surface area contributed by atoms with Crippen molar-refractivity contribution in [2.75, 3.05) is 45.2 Å². The quantitative estimate of drug-likeness (QED) is 0.838. The molecule has 1 fully saturated rings. The van der Waals surface area contributed by atoms with E-state index in [2.05, 4.69) is 6.07 Å². The molecule has 0 atom stereocenters. The van der Waals surface area contributed by atoms with Gasteiger partial charge in [-0.1, -0.05) is 0 Å². The lowest BCUT2D eigenvalue weighted by atomic mass is 10.1. The zero-order valence-corrected chi connectivity index (χ0v) is 13.7. The lowest BCUT2D eigenvalue weighted by Crippen LogP contribution is -2.41. The number of hydrogen-bond acceptors (Lipinski definition) is 4. The molecule has 2 aliphatic rings. The van der Waals surface area contributed by atoms with Crippen LogP contribution in [0.4, 0.5) is 5.69 Å². The van der Waals surface area contributed by atoms with Crippen molar-refractivity contribution in [3.05, 3.63) is 23.8 Å². The Morgan fingerprint density at radius 3 is 2.83 bits per heavy atom. The van der Waals surface area contributed by atoms with Crippen molar-refractivity contribution in [3.63, 3.8) is 0 Å². The highest BCUT2D eigenvalue weighted by Crippen LogP contribution is 2.27. The summed E-state index contributed by atoms with van der Waals surface area (Å²) in [5.74, 6) is 0.912. The first kappa shape index (κ1) is 15.6. The van der Waals surface area contributed by atoms with Crippen LogP contribution in [0.5, 0.6) is 5.75 Å². The second kappa shape index (κ2) is 6.48. The van der Waals surface area contributed by atoms with E-state index in [9.17, 15) is 9.59 Å². The van der Waals surface area contributed by atoms with Crippen LogP contribution < -0.4 is 9.64 Å². The first-order chi connectivity index (χ1) is 11.0. The van der Waals surface area contributed by atoms with E-state index >= 15 is 0 Å². The smallest absolute Gasteiger partial charge is 0.242 e. The van der Waals surface area contributed by atoms with Crippen LogP contribution >= 0.6 is 0 Å². The topological polar surface area (TPSA) is 53.1 Å². The van der Waals surface area contributed by atoms with Crippen molar-refractivity contribution in [1.82, 2.24) is 9.80 Å². The molecule has 0 aromatic heterocycles. The summed E-state index contributed by atoms with van der Waals surface area (Å²) in [5.41, 5.74) is 2.09. The molecule has 1 aromatic rings. The fourth-order valence-electron chi connectivity index (χ4n) is 3.01. The third kappa shape index (κ3) is 3.41. The Balaban J connectivity index is 1.73. The zero-order valence-electron chi connectivity index (χ0n) is 13.7. The van der Waals surface area contributed by atoms with Crippen molar-refractivity contribution < 1.29 is 14.3 Å². The molecule has 2 aliphatic heterocycles. The molecule has 0 aliphatic carbocycles. The van der Waals surface area contributed by atoms with Gasteiger partial charge in [-0.05, 0) is 24.6 Å². The van der Waals surface area contributed by atoms with Gasteiger partial charge in [0.25, 0.3) is 0 Å². The molecule has 0 bridgehead atoms. The van der Waals surface area contributed by atoms with Crippen LogP contribution in [-0.4, -0.2) is 62.0 Å². The number of rotatable bonds is 3. The van der Waals surface area contributed by atoms with Gasteiger partial charge in [-0.2, -0.15) is 0 Å². The highest BCUT2D eigenvalue weighted by Gasteiger charge is 2.26. The third-order valence-corrected chi connectivity index (χ3v) is 4.39. The summed E-state index contributed by atoms with van der Waals surface area (Å²) in [6.45, 7) is 2.43. The molecule has 1 aromatic carbocycles. The molecular formula is C17H23N3O3. The van der Waals surface area contributed by atoms with E-state index in [0.717, 1.165) is 23.4 Å². The van der Waals surface area contributed by atoms with Crippen molar-refractivity contribution in [2.24, 2.45) is 0 Å². The van der Waals surface area contributed by atoms with Crippen molar-refractivity contribution in [1.29, 1.82) is 0 Å². The van der Waals surface area contributed by atoms with Gasteiger partial charge in [0.2, 0.25) is 11.8 Å². The van der Waals surface area contributed by atoms with Gasteiger partial charge in [0, 0.05) is 44.9 Å². The number of ether oxygens (including phenoxy) is 1. The van der Waals surface area contributed by atoms with Crippen LogP contribution in [0.25, 0.3) is 0 Å². The Labute approximate surface area is 136 Å². The van der Waals surface area contributed by atoms with Crippen LogP contribution in [-0.2, 0) is 16.1 Å². The Morgan fingerprint density at radius 2 is 2.13 bits per heavy atom. The molecule has 0 radical (unpaired) electrons. The average Bonchev–Trinajstić information content (AvgIpc) is 2.81. The first-order valence-corrected chi connectivity index (χ1v) is 8.03. The summed E-state index contributed by atoms with van der Waals surface area (Å²) in [6, 6.07) is 6.03. The van der Waals surface area contributed by atoms with E-state index in [1.165, 1.54) is 0 Å². The van der Waals surface area contributed by atoms with Gasteiger partial charge in [-0.25, -0.2) is 0 Å². The van der Waals surface area contributed by atoms with Crippen LogP contribution in [0, 0.1) is 0 Å². The lowest BCUT2D eigenvalue weighted by Gasteiger charge is -2.23. The number of fused-ring (bicyclic) bond motifs is 1. The van der Waals surface area contributed by atoms with Gasteiger partial charge in [-0.3, -0.25) is 9.59 Å². The second-order valence-electron chi connectivity index (χ2n) is 6.27. The minimum absolute atomic E-state index is 0.00745. The largest absolute Gasteiger partial charge is 0.491 e. The van der Waals surface area contributed by atoms with Gasteiger partial charge in [0.1, 0.15) is 12.4 Å². The lowest BCUT2D eigenvalue weighted by molar-refractivity contribution is -0.138. The van der Waals surface area contributed by atoms with Gasteiger partial charge in [0.05, 0.1) is 13.1 Å². The Kier molecular flexibility index (Phi) is 4.41. The van der Waals surface area contributed by atoms with E-state index in [-0.39, 0.29) is 18.4 Å². The molecule has 2 amide bonds. The molecule has 3 rings (SSSR count). The molecule has 1 saturated heterocycles. The van der Waals surface area contributed by atoms with Crippen LogP contribution in [0.15, 0.2) is 18.2 Å². The van der Waals surface area contributed by atoms with E-state index in [1.54, 1.807) is 9.80 Å². The number of hydrogen-bond donors (Lipinski definition) is 0. The number of carbonyl (C=O) groups excluding carboxylic acids is 2. The maximum absolute atomic E-state index is 12.5. The minimum Gasteiger partial charge on any atom is -0.491 e. The fraction of sp³-hybridized carbons (Fsp3) is 0.529. The van der Waals surface area contributed by atoms with E-state index in [1.807, 2.05) is 31.1 Å². The van der Waals surface area contributed by atoms with Gasteiger partial charge in [-0.15, -0.1) is 0 Å². The van der Waals surface area contributed by atoms with E-state index in [0.29, 0.717) is 32.7 Å². The molecule has 23 heavy (non-hydrogen) atoms. The number of likely N-dealkylation sites (tertiary alicyclic amines) is 1. The van der Waals surface area contributed by atoms with E-state index in [4.69, 9.17) is 4.74 Å². The highest BCUT2D eigenvalue weighted by atomic mass is 16.5. The predicted octanol–water partition coefficient (Wildman–Crippen LogP) is 1.10. The number of carbonyl (C=O) groups is 2. The Morgan fingerprint density at radius 1 is 1.30 bits per heavy atom. The Bertz CT molecular complexity index is 615. The maximum Gasteiger partial charge on any atom is 0.242 e. The standard InChI is InChI=1S/C17H23N3O3/c1-18(2)14-5-6-15-13(10-14)11-20(8-9-23-15)17(22)12-19-7-3-4-16(19)21/h5-6,10H,3-4,7-9,11-12H2,1-2H3. The SMILES string of the molecule is CN(C)c1ccc2c(c1)CN(C(=O)CN1CCCC1=O)CCO2. The summed E-state index contributed by atoms with van der Waals surface area (Å²) < 4.78 is 5.76. The molecule has 2 heterocycles. The summed E-state index contributed by atoms with van der Waals surface area (Å²) >= 11 is 0.